The summed E-state index contributed by atoms with van der Waals surface area (Å²) in [6, 6.07) is 1.69. The van der Waals surface area contributed by atoms with Crippen LogP contribution in [0.4, 0.5) is 11.5 Å². The number of primary amides is 1. The van der Waals surface area contributed by atoms with Gasteiger partial charge in [0.2, 0.25) is 0 Å². The number of pyridine rings is 1. The van der Waals surface area contributed by atoms with Crippen molar-refractivity contribution < 1.29 is 14.5 Å². The van der Waals surface area contributed by atoms with Crippen LogP contribution in [0.15, 0.2) is 12.3 Å². The summed E-state index contributed by atoms with van der Waals surface area (Å²) in [5.41, 5.74) is 5.28. The van der Waals surface area contributed by atoms with Gasteiger partial charge in [0.1, 0.15) is 12.0 Å². The van der Waals surface area contributed by atoms with E-state index in [-0.39, 0.29) is 17.4 Å². The number of morpholine rings is 1. The SMILES string of the molecule is CC1CN(C2CCN(c3ncc([N+](=O)[O-])cc3C(N)=O)CC2)CCO1. The van der Waals surface area contributed by atoms with Crippen LogP contribution in [0.2, 0.25) is 0 Å². The fraction of sp³-hybridized carbons (Fsp3) is 0.625. The van der Waals surface area contributed by atoms with Crippen molar-refractivity contribution in [3.8, 4) is 0 Å². The maximum absolute atomic E-state index is 11.7. The lowest BCUT2D eigenvalue weighted by atomic mass is 10.0. The van der Waals surface area contributed by atoms with E-state index in [1.54, 1.807) is 0 Å². The van der Waals surface area contributed by atoms with Crippen molar-refractivity contribution in [2.45, 2.75) is 31.9 Å². The average Bonchev–Trinajstić information content (AvgIpc) is 2.61. The minimum Gasteiger partial charge on any atom is -0.376 e. The Bertz CT molecular complexity index is 660. The van der Waals surface area contributed by atoms with Gasteiger partial charge in [-0.1, -0.05) is 0 Å². The summed E-state index contributed by atoms with van der Waals surface area (Å²) >= 11 is 0. The van der Waals surface area contributed by atoms with Crippen molar-refractivity contribution >= 4 is 17.4 Å². The van der Waals surface area contributed by atoms with E-state index in [0.29, 0.717) is 11.9 Å². The van der Waals surface area contributed by atoms with Gasteiger partial charge in [-0.25, -0.2) is 4.98 Å². The Morgan fingerprint density at radius 2 is 2.12 bits per heavy atom. The molecule has 1 unspecified atom stereocenters. The fourth-order valence-electron chi connectivity index (χ4n) is 3.60. The van der Waals surface area contributed by atoms with Crippen LogP contribution < -0.4 is 10.6 Å². The molecule has 2 saturated heterocycles. The van der Waals surface area contributed by atoms with Gasteiger partial charge in [0.25, 0.3) is 11.6 Å². The first-order valence-electron chi connectivity index (χ1n) is 8.50. The number of hydrogen-bond acceptors (Lipinski definition) is 7. The highest BCUT2D eigenvalue weighted by Crippen LogP contribution is 2.27. The molecule has 1 aromatic rings. The van der Waals surface area contributed by atoms with E-state index in [0.717, 1.165) is 45.6 Å². The molecule has 3 heterocycles. The van der Waals surface area contributed by atoms with E-state index < -0.39 is 10.8 Å². The van der Waals surface area contributed by atoms with E-state index in [9.17, 15) is 14.9 Å². The van der Waals surface area contributed by atoms with E-state index >= 15 is 0 Å². The third kappa shape index (κ3) is 3.88. The number of carbonyl (C=O) groups excluding carboxylic acids is 1. The quantitative estimate of drug-likeness (QED) is 0.631. The molecule has 2 aliphatic rings. The van der Waals surface area contributed by atoms with Crippen LogP contribution in [0.25, 0.3) is 0 Å². The van der Waals surface area contributed by atoms with Gasteiger partial charge in [-0.15, -0.1) is 0 Å². The molecule has 1 amide bonds. The van der Waals surface area contributed by atoms with Crippen LogP contribution in [0.3, 0.4) is 0 Å². The Kier molecular flexibility index (Phi) is 5.14. The van der Waals surface area contributed by atoms with E-state index in [4.69, 9.17) is 10.5 Å². The molecule has 1 atom stereocenters. The van der Waals surface area contributed by atoms with Gasteiger partial charge in [0, 0.05) is 38.3 Å². The molecule has 0 aromatic carbocycles. The minimum atomic E-state index is -0.699. The number of nitrogens with two attached hydrogens (primary N) is 1. The molecule has 0 radical (unpaired) electrons. The van der Waals surface area contributed by atoms with Crippen molar-refractivity contribution in [3.63, 3.8) is 0 Å². The lowest BCUT2D eigenvalue weighted by Gasteiger charge is -2.42. The average molecular weight is 349 g/mol. The summed E-state index contributed by atoms with van der Waals surface area (Å²) in [5, 5.41) is 10.9. The van der Waals surface area contributed by atoms with E-state index in [1.807, 2.05) is 4.90 Å². The maximum atomic E-state index is 11.7. The molecule has 0 aliphatic carbocycles. The van der Waals surface area contributed by atoms with Crippen LogP contribution in [-0.4, -0.2) is 65.6 Å². The number of aromatic nitrogens is 1. The van der Waals surface area contributed by atoms with Crippen molar-refractivity contribution in [1.82, 2.24) is 9.88 Å². The van der Waals surface area contributed by atoms with Gasteiger partial charge in [0.05, 0.1) is 23.2 Å². The number of hydrogen-bond donors (Lipinski definition) is 1. The molecule has 0 spiro atoms. The summed E-state index contributed by atoms with van der Waals surface area (Å²) < 4.78 is 5.59. The number of piperidine rings is 1. The van der Waals surface area contributed by atoms with E-state index in [2.05, 4.69) is 16.8 Å². The van der Waals surface area contributed by atoms with Crippen LogP contribution in [0.5, 0.6) is 0 Å². The summed E-state index contributed by atoms with van der Waals surface area (Å²) in [6.45, 7) is 6.20. The number of nitrogens with zero attached hydrogens (tertiary/aromatic N) is 4. The highest BCUT2D eigenvalue weighted by atomic mass is 16.6. The Hall–Kier alpha value is -2.26. The molecule has 0 saturated carbocycles. The van der Waals surface area contributed by atoms with Crippen LogP contribution >= 0.6 is 0 Å². The van der Waals surface area contributed by atoms with Crippen LogP contribution in [-0.2, 0) is 4.74 Å². The third-order valence-corrected chi connectivity index (χ3v) is 4.88. The number of nitro groups is 1. The van der Waals surface area contributed by atoms with Gasteiger partial charge in [-0.3, -0.25) is 19.8 Å². The van der Waals surface area contributed by atoms with Crippen molar-refractivity contribution in [2.24, 2.45) is 5.73 Å². The van der Waals surface area contributed by atoms with Gasteiger partial charge >= 0.3 is 0 Å². The van der Waals surface area contributed by atoms with E-state index in [1.165, 1.54) is 12.3 Å². The summed E-state index contributed by atoms with van der Waals surface area (Å²) in [5.74, 6) is -0.262. The summed E-state index contributed by atoms with van der Waals surface area (Å²) in [4.78, 5) is 30.6. The lowest BCUT2D eigenvalue weighted by molar-refractivity contribution is -0.385. The van der Waals surface area contributed by atoms with Gasteiger partial charge < -0.3 is 15.4 Å². The van der Waals surface area contributed by atoms with Crippen molar-refractivity contribution in [1.29, 1.82) is 0 Å². The van der Waals surface area contributed by atoms with Crippen LogP contribution in [0, 0.1) is 10.1 Å². The number of anilines is 1. The highest BCUT2D eigenvalue weighted by molar-refractivity contribution is 5.98. The molecule has 136 valence electrons. The van der Waals surface area contributed by atoms with Crippen LogP contribution in [0.1, 0.15) is 30.1 Å². The molecule has 0 bridgehead atoms. The lowest BCUT2D eigenvalue weighted by Crippen LogP contribution is -2.51. The fourth-order valence-corrected chi connectivity index (χ4v) is 3.60. The Morgan fingerprint density at radius 3 is 2.72 bits per heavy atom. The first-order valence-corrected chi connectivity index (χ1v) is 8.50. The molecule has 2 fully saturated rings. The Labute approximate surface area is 145 Å². The Balaban J connectivity index is 1.70. The third-order valence-electron chi connectivity index (χ3n) is 4.88. The normalized spacial score (nSPS) is 22.8. The second-order valence-corrected chi connectivity index (χ2v) is 6.58. The monoisotopic (exact) mass is 349 g/mol. The summed E-state index contributed by atoms with van der Waals surface area (Å²) in [7, 11) is 0. The minimum absolute atomic E-state index is 0.104. The van der Waals surface area contributed by atoms with Gasteiger partial charge in [-0.2, -0.15) is 0 Å². The molecule has 25 heavy (non-hydrogen) atoms. The first-order chi connectivity index (χ1) is 12.0. The maximum Gasteiger partial charge on any atom is 0.288 e. The molecule has 3 rings (SSSR count). The topological polar surface area (TPSA) is 115 Å². The largest absolute Gasteiger partial charge is 0.376 e. The predicted octanol–water partition coefficient (Wildman–Crippen LogP) is 0.778. The zero-order valence-corrected chi connectivity index (χ0v) is 14.3. The number of rotatable bonds is 4. The number of ether oxygens (including phenoxy) is 1. The standard InChI is InChI=1S/C16H23N5O4/c1-11-10-20(6-7-25-11)12-2-4-19(5-3-12)16-14(15(17)22)8-13(9-18-16)21(23)24/h8-9,11-12H,2-7,10H2,1H3,(H2,17,22). The zero-order chi connectivity index (χ0) is 18.0. The second kappa shape index (κ2) is 7.32. The molecule has 9 heteroatoms. The molecular formula is C16H23N5O4. The smallest absolute Gasteiger partial charge is 0.288 e. The predicted molar refractivity (Wildman–Crippen MR) is 91.6 cm³/mol. The van der Waals surface area contributed by atoms with Gasteiger partial charge in [0.15, 0.2) is 0 Å². The second-order valence-electron chi connectivity index (χ2n) is 6.58. The number of carbonyl (C=O) groups is 1. The van der Waals surface area contributed by atoms with Gasteiger partial charge in [-0.05, 0) is 19.8 Å². The first kappa shape index (κ1) is 17.6. The molecule has 2 aliphatic heterocycles. The molecule has 2 N–H and O–H groups in total. The Morgan fingerprint density at radius 1 is 1.40 bits per heavy atom. The molecular weight excluding hydrogens is 326 g/mol. The molecule has 9 nitrogen and oxygen atoms in total. The number of amides is 1. The van der Waals surface area contributed by atoms with Crippen molar-refractivity contribution in [3.05, 3.63) is 27.9 Å². The van der Waals surface area contributed by atoms with Crippen molar-refractivity contribution in [2.75, 3.05) is 37.7 Å². The zero-order valence-electron chi connectivity index (χ0n) is 14.3. The highest BCUT2D eigenvalue weighted by Gasteiger charge is 2.30. The molecule has 1 aromatic heterocycles. The summed E-state index contributed by atoms with van der Waals surface area (Å²) in [6.07, 6.45) is 3.33.